The fourth-order valence-corrected chi connectivity index (χ4v) is 4.73. The van der Waals surface area contributed by atoms with Gasteiger partial charge in [-0.1, -0.05) is 29.8 Å². The molecule has 1 aromatic carbocycles. The van der Waals surface area contributed by atoms with E-state index in [9.17, 15) is 22.8 Å². The molecule has 0 aliphatic carbocycles. The van der Waals surface area contributed by atoms with Crippen molar-refractivity contribution in [3.63, 3.8) is 0 Å². The Morgan fingerprint density at radius 2 is 1.81 bits per heavy atom. The second-order valence-corrected chi connectivity index (χ2v) is 9.16. The number of amides is 1. The van der Waals surface area contributed by atoms with Crippen LogP contribution in [0.4, 0.5) is 0 Å². The molecule has 0 unspecified atom stereocenters. The molecule has 0 saturated carbocycles. The molecule has 1 amide bonds. The van der Waals surface area contributed by atoms with Crippen LogP contribution in [0.1, 0.15) is 42.1 Å². The average Bonchev–Trinajstić information content (AvgIpc) is 2.98. The number of ketones is 1. The third kappa shape index (κ3) is 5.89. The van der Waals surface area contributed by atoms with Crippen molar-refractivity contribution in [2.45, 2.75) is 45.3 Å². The molecule has 0 spiro atoms. The molecule has 0 N–H and O–H groups in total. The highest BCUT2D eigenvalue weighted by Crippen LogP contribution is 2.18. The zero-order chi connectivity index (χ0) is 20.2. The van der Waals surface area contributed by atoms with Gasteiger partial charge in [0, 0.05) is 25.1 Å². The second kappa shape index (κ2) is 8.65. The SMILES string of the molecule is Cc1ccc(C(=O)CCC(=O)O[C@H](C)C(=O)N(C)[C@@H]2CCS(=O)(=O)C2)cc1. The molecular formula is C19H25NO6S. The van der Waals surface area contributed by atoms with Gasteiger partial charge in [0.05, 0.1) is 17.9 Å². The highest BCUT2D eigenvalue weighted by molar-refractivity contribution is 7.91. The highest BCUT2D eigenvalue weighted by Gasteiger charge is 2.34. The summed E-state index contributed by atoms with van der Waals surface area (Å²) in [6.07, 6.45) is -0.762. The number of hydrogen-bond donors (Lipinski definition) is 0. The predicted octanol–water partition coefficient (Wildman–Crippen LogP) is 1.54. The van der Waals surface area contributed by atoms with Crippen molar-refractivity contribution < 1.29 is 27.5 Å². The van der Waals surface area contributed by atoms with Crippen LogP contribution < -0.4 is 0 Å². The molecule has 1 heterocycles. The zero-order valence-corrected chi connectivity index (χ0v) is 16.6. The maximum Gasteiger partial charge on any atom is 0.307 e. The van der Waals surface area contributed by atoms with Gasteiger partial charge in [-0.2, -0.15) is 0 Å². The minimum atomic E-state index is -3.11. The van der Waals surface area contributed by atoms with Gasteiger partial charge in [-0.3, -0.25) is 14.4 Å². The van der Waals surface area contributed by atoms with Crippen molar-refractivity contribution in [2.24, 2.45) is 0 Å². The molecule has 0 aromatic heterocycles. The number of ether oxygens (including phenoxy) is 1. The lowest BCUT2D eigenvalue weighted by Gasteiger charge is -2.26. The van der Waals surface area contributed by atoms with Gasteiger partial charge < -0.3 is 9.64 Å². The lowest BCUT2D eigenvalue weighted by Crippen LogP contribution is -2.44. The van der Waals surface area contributed by atoms with E-state index in [1.54, 1.807) is 12.1 Å². The molecule has 1 fully saturated rings. The molecule has 27 heavy (non-hydrogen) atoms. The summed E-state index contributed by atoms with van der Waals surface area (Å²) < 4.78 is 28.2. The van der Waals surface area contributed by atoms with Gasteiger partial charge in [0.2, 0.25) is 0 Å². The van der Waals surface area contributed by atoms with Crippen molar-refractivity contribution in [1.82, 2.24) is 4.90 Å². The number of hydrogen-bond acceptors (Lipinski definition) is 6. The van der Waals surface area contributed by atoms with Crippen LogP contribution in [0.5, 0.6) is 0 Å². The summed E-state index contributed by atoms with van der Waals surface area (Å²) in [5.41, 5.74) is 1.57. The summed E-state index contributed by atoms with van der Waals surface area (Å²) >= 11 is 0. The van der Waals surface area contributed by atoms with Crippen LogP contribution in [0.3, 0.4) is 0 Å². The van der Waals surface area contributed by atoms with E-state index < -0.39 is 33.9 Å². The van der Waals surface area contributed by atoms with Crippen LogP contribution in [0.25, 0.3) is 0 Å². The van der Waals surface area contributed by atoms with E-state index in [0.717, 1.165) is 5.56 Å². The maximum absolute atomic E-state index is 12.4. The first-order valence-electron chi connectivity index (χ1n) is 8.85. The molecule has 1 aromatic rings. The predicted molar refractivity (Wildman–Crippen MR) is 100 cm³/mol. The van der Waals surface area contributed by atoms with Crippen LogP contribution >= 0.6 is 0 Å². The number of rotatable bonds is 7. The van der Waals surface area contributed by atoms with E-state index in [-0.39, 0.29) is 30.1 Å². The van der Waals surface area contributed by atoms with Crippen LogP contribution in [0.15, 0.2) is 24.3 Å². The second-order valence-electron chi connectivity index (χ2n) is 6.93. The van der Waals surface area contributed by atoms with E-state index in [1.807, 2.05) is 19.1 Å². The first kappa shape index (κ1) is 21.1. The molecule has 0 bridgehead atoms. The van der Waals surface area contributed by atoms with Gasteiger partial charge in [0.15, 0.2) is 21.7 Å². The Morgan fingerprint density at radius 1 is 1.19 bits per heavy atom. The number of nitrogens with zero attached hydrogens (tertiary/aromatic N) is 1. The molecule has 2 rings (SSSR count). The summed E-state index contributed by atoms with van der Waals surface area (Å²) in [7, 11) is -1.60. The topological polar surface area (TPSA) is 97.8 Å². The van der Waals surface area contributed by atoms with Crippen LogP contribution in [-0.2, 0) is 24.2 Å². The lowest BCUT2D eigenvalue weighted by atomic mass is 10.1. The molecule has 8 heteroatoms. The summed E-state index contributed by atoms with van der Waals surface area (Å²) in [4.78, 5) is 37.7. The number of sulfone groups is 1. The zero-order valence-electron chi connectivity index (χ0n) is 15.8. The van der Waals surface area contributed by atoms with E-state index in [4.69, 9.17) is 4.74 Å². The quantitative estimate of drug-likeness (QED) is 0.513. The lowest BCUT2D eigenvalue weighted by molar-refractivity contribution is -0.159. The maximum atomic E-state index is 12.4. The molecule has 1 aliphatic heterocycles. The minimum Gasteiger partial charge on any atom is -0.453 e. The van der Waals surface area contributed by atoms with Gasteiger partial charge in [-0.15, -0.1) is 0 Å². The Bertz CT molecular complexity index is 815. The summed E-state index contributed by atoms with van der Waals surface area (Å²) in [6, 6.07) is 6.67. The van der Waals surface area contributed by atoms with E-state index in [2.05, 4.69) is 0 Å². The fraction of sp³-hybridized carbons (Fsp3) is 0.526. The Morgan fingerprint density at radius 3 is 2.37 bits per heavy atom. The van der Waals surface area contributed by atoms with Crippen LogP contribution in [0, 0.1) is 6.92 Å². The van der Waals surface area contributed by atoms with Crippen molar-refractivity contribution in [3.05, 3.63) is 35.4 Å². The number of likely N-dealkylation sites (N-methyl/N-ethyl adjacent to an activating group) is 1. The van der Waals surface area contributed by atoms with Crippen molar-refractivity contribution in [3.8, 4) is 0 Å². The minimum absolute atomic E-state index is 0.000483. The average molecular weight is 395 g/mol. The van der Waals surface area contributed by atoms with Gasteiger partial charge in [-0.05, 0) is 20.3 Å². The van der Waals surface area contributed by atoms with E-state index in [0.29, 0.717) is 12.0 Å². The summed E-state index contributed by atoms with van der Waals surface area (Å²) in [6.45, 7) is 3.37. The Hall–Kier alpha value is -2.22. The molecule has 2 atom stereocenters. The first-order valence-corrected chi connectivity index (χ1v) is 10.7. The molecular weight excluding hydrogens is 370 g/mol. The Labute approximate surface area is 159 Å². The number of carbonyl (C=O) groups excluding carboxylic acids is 3. The van der Waals surface area contributed by atoms with Crippen molar-refractivity contribution in [2.75, 3.05) is 18.6 Å². The van der Waals surface area contributed by atoms with E-state index >= 15 is 0 Å². The third-order valence-corrected chi connectivity index (χ3v) is 6.44. The first-order chi connectivity index (χ1) is 12.6. The van der Waals surface area contributed by atoms with E-state index in [1.165, 1.54) is 18.9 Å². The van der Waals surface area contributed by atoms with Crippen LogP contribution in [0.2, 0.25) is 0 Å². The smallest absolute Gasteiger partial charge is 0.307 e. The normalized spacial score (nSPS) is 19.3. The fourth-order valence-electron chi connectivity index (χ4n) is 2.95. The summed E-state index contributed by atoms with van der Waals surface area (Å²) in [5, 5.41) is 0. The highest BCUT2D eigenvalue weighted by atomic mass is 32.2. The standard InChI is InChI=1S/C19H25NO6S/c1-13-4-6-15(7-5-13)17(21)8-9-18(22)26-14(2)19(23)20(3)16-10-11-27(24,25)12-16/h4-7,14,16H,8-12H2,1-3H3/t14-,16-/m1/s1. The largest absolute Gasteiger partial charge is 0.453 e. The number of Topliss-reactive ketones (excluding diaryl/α,β-unsaturated/α-hetero) is 1. The third-order valence-electron chi connectivity index (χ3n) is 4.69. The molecule has 148 valence electrons. The van der Waals surface area contributed by atoms with Gasteiger partial charge in [-0.25, -0.2) is 8.42 Å². The van der Waals surface area contributed by atoms with Gasteiger partial charge in [0.25, 0.3) is 5.91 Å². The molecule has 1 aliphatic rings. The van der Waals surface area contributed by atoms with Crippen molar-refractivity contribution in [1.29, 1.82) is 0 Å². The number of carbonyl (C=O) groups is 3. The van der Waals surface area contributed by atoms with Crippen LogP contribution in [-0.4, -0.2) is 61.7 Å². The molecule has 1 saturated heterocycles. The molecule has 0 radical (unpaired) electrons. The number of esters is 1. The number of aryl methyl sites for hydroxylation is 1. The van der Waals surface area contributed by atoms with Crippen molar-refractivity contribution >= 4 is 27.5 Å². The monoisotopic (exact) mass is 395 g/mol. The van der Waals surface area contributed by atoms with Gasteiger partial charge in [0.1, 0.15) is 0 Å². The Kier molecular flexibility index (Phi) is 6.75. The summed E-state index contributed by atoms with van der Waals surface area (Å²) in [5.74, 6) is -1.26. The van der Waals surface area contributed by atoms with Gasteiger partial charge >= 0.3 is 5.97 Å². The molecule has 7 nitrogen and oxygen atoms in total. The number of benzene rings is 1. The Balaban J connectivity index is 1.81.